The molecule has 0 spiro atoms. The number of benzene rings is 1. The normalized spacial score (nSPS) is 22.7. The second-order valence-corrected chi connectivity index (χ2v) is 5.92. The van der Waals surface area contributed by atoms with Crippen LogP contribution in [0.4, 0.5) is 0 Å². The third-order valence-electron chi connectivity index (χ3n) is 4.18. The van der Waals surface area contributed by atoms with E-state index in [9.17, 15) is 4.79 Å². The van der Waals surface area contributed by atoms with E-state index in [1.54, 1.807) is 6.08 Å². The van der Waals surface area contributed by atoms with Crippen LogP contribution >= 0.6 is 0 Å². The van der Waals surface area contributed by atoms with E-state index in [0.29, 0.717) is 18.5 Å². The predicted molar refractivity (Wildman–Crippen MR) is 86.9 cm³/mol. The van der Waals surface area contributed by atoms with Gasteiger partial charge in [-0.15, -0.1) is 6.58 Å². The molecule has 0 aliphatic carbocycles. The number of rotatable bonds is 6. The topological polar surface area (TPSA) is 32.3 Å². The first-order valence-corrected chi connectivity index (χ1v) is 7.87. The Labute approximate surface area is 128 Å². The van der Waals surface area contributed by atoms with Crippen molar-refractivity contribution in [2.45, 2.75) is 51.2 Å². The lowest BCUT2D eigenvalue weighted by atomic mass is 9.97. The van der Waals surface area contributed by atoms with Gasteiger partial charge in [0.2, 0.25) is 5.91 Å². The highest BCUT2D eigenvalue weighted by Gasteiger charge is 2.26. The van der Waals surface area contributed by atoms with E-state index in [0.717, 1.165) is 32.4 Å². The summed E-state index contributed by atoms with van der Waals surface area (Å²) in [5.41, 5.74) is 1.36. The number of amides is 1. The molecule has 0 aromatic heterocycles. The van der Waals surface area contributed by atoms with E-state index in [-0.39, 0.29) is 5.91 Å². The lowest BCUT2D eigenvalue weighted by Crippen LogP contribution is -2.48. The fourth-order valence-corrected chi connectivity index (χ4v) is 2.94. The molecule has 1 aliphatic heterocycles. The van der Waals surface area contributed by atoms with Crippen LogP contribution < -0.4 is 5.32 Å². The minimum Gasteiger partial charge on any atom is -0.353 e. The summed E-state index contributed by atoms with van der Waals surface area (Å²) >= 11 is 0. The van der Waals surface area contributed by atoms with E-state index in [1.807, 2.05) is 0 Å². The summed E-state index contributed by atoms with van der Waals surface area (Å²) in [7, 11) is 0. The second kappa shape index (κ2) is 7.99. The van der Waals surface area contributed by atoms with Gasteiger partial charge in [0, 0.05) is 31.6 Å². The molecule has 1 aromatic rings. The number of nitrogens with zero attached hydrogens (tertiary/aromatic N) is 1. The maximum atomic E-state index is 11.8. The van der Waals surface area contributed by atoms with Crippen molar-refractivity contribution < 1.29 is 4.79 Å². The van der Waals surface area contributed by atoms with Crippen molar-refractivity contribution in [3.8, 4) is 0 Å². The minimum atomic E-state index is 0.156. The Balaban J connectivity index is 1.79. The molecule has 0 bridgehead atoms. The van der Waals surface area contributed by atoms with Crippen molar-refractivity contribution in [3.05, 3.63) is 48.6 Å². The molecule has 114 valence electrons. The highest BCUT2D eigenvalue weighted by molar-refractivity contribution is 5.76. The van der Waals surface area contributed by atoms with Crippen LogP contribution in [0.15, 0.2) is 43.0 Å². The Morgan fingerprint density at radius 2 is 2.19 bits per heavy atom. The number of hydrogen-bond acceptors (Lipinski definition) is 2. The predicted octanol–water partition coefficient (Wildman–Crippen LogP) is 3.12. The third kappa shape index (κ3) is 5.01. The van der Waals surface area contributed by atoms with E-state index in [2.05, 4.69) is 54.1 Å². The first-order valence-electron chi connectivity index (χ1n) is 7.87. The molecular weight excluding hydrogens is 260 g/mol. The van der Waals surface area contributed by atoms with Crippen molar-refractivity contribution >= 4 is 5.91 Å². The Morgan fingerprint density at radius 3 is 2.86 bits per heavy atom. The second-order valence-electron chi connectivity index (χ2n) is 5.92. The maximum absolute atomic E-state index is 11.8. The lowest BCUT2D eigenvalue weighted by Gasteiger charge is -2.38. The van der Waals surface area contributed by atoms with Crippen LogP contribution in [0.5, 0.6) is 0 Å². The fraction of sp³-hybridized carbons (Fsp3) is 0.500. The molecule has 0 radical (unpaired) electrons. The van der Waals surface area contributed by atoms with Gasteiger partial charge in [0.05, 0.1) is 0 Å². The number of allylic oxidation sites excluding steroid dienone is 1. The van der Waals surface area contributed by atoms with Gasteiger partial charge in [-0.1, -0.05) is 36.4 Å². The SMILES string of the molecule is C=CCCC(=O)N[C@@H]1CCN(Cc2ccccc2)[C@@H](C)C1. The van der Waals surface area contributed by atoms with Gasteiger partial charge in [-0.25, -0.2) is 0 Å². The average molecular weight is 286 g/mol. The van der Waals surface area contributed by atoms with Crippen molar-refractivity contribution in [1.29, 1.82) is 0 Å². The monoisotopic (exact) mass is 286 g/mol. The molecule has 1 N–H and O–H groups in total. The van der Waals surface area contributed by atoms with Crippen molar-refractivity contribution in [1.82, 2.24) is 10.2 Å². The Hall–Kier alpha value is -1.61. The van der Waals surface area contributed by atoms with Crippen molar-refractivity contribution in [2.75, 3.05) is 6.54 Å². The Bertz CT molecular complexity index is 458. The van der Waals surface area contributed by atoms with E-state index >= 15 is 0 Å². The third-order valence-corrected chi connectivity index (χ3v) is 4.18. The average Bonchev–Trinajstić information content (AvgIpc) is 2.49. The van der Waals surface area contributed by atoms with Crippen LogP contribution in [-0.4, -0.2) is 29.4 Å². The molecule has 21 heavy (non-hydrogen) atoms. The van der Waals surface area contributed by atoms with Gasteiger partial charge >= 0.3 is 0 Å². The molecular formula is C18H26N2O. The van der Waals surface area contributed by atoms with Gasteiger partial charge < -0.3 is 5.32 Å². The highest BCUT2D eigenvalue weighted by Crippen LogP contribution is 2.20. The largest absolute Gasteiger partial charge is 0.353 e. The molecule has 0 saturated carbocycles. The van der Waals surface area contributed by atoms with Crippen molar-refractivity contribution in [3.63, 3.8) is 0 Å². The Morgan fingerprint density at radius 1 is 1.43 bits per heavy atom. The van der Waals surface area contributed by atoms with Crippen LogP contribution in [0.2, 0.25) is 0 Å². The molecule has 2 atom stereocenters. The van der Waals surface area contributed by atoms with Gasteiger partial charge in [-0.05, 0) is 31.7 Å². The molecule has 1 heterocycles. The van der Waals surface area contributed by atoms with Crippen LogP contribution in [0.25, 0.3) is 0 Å². The number of likely N-dealkylation sites (tertiary alicyclic amines) is 1. The summed E-state index contributed by atoms with van der Waals surface area (Å²) in [4.78, 5) is 14.3. The molecule has 1 aliphatic rings. The van der Waals surface area contributed by atoms with Crippen LogP contribution in [0.1, 0.15) is 38.2 Å². The summed E-state index contributed by atoms with van der Waals surface area (Å²) in [6, 6.07) is 11.4. The molecule has 2 rings (SSSR count). The van der Waals surface area contributed by atoms with E-state index in [4.69, 9.17) is 0 Å². The van der Waals surface area contributed by atoms with Gasteiger partial charge in [0.25, 0.3) is 0 Å². The molecule has 1 aromatic carbocycles. The maximum Gasteiger partial charge on any atom is 0.220 e. The number of hydrogen-bond donors (Lipinski definition) is 1. The van der Waals surface area contributed by atoms with Gasteiger partial charge in [-0.3, -0.25) is 9.69 Å². The molecule has 1 saturated heterocycles. The smallest absolute Gasteiger partial charge is 0.220 e. The van der Waals surface area contributed by atoms with Crippen molar-refractivity contribution in [2.24, 2.45) is 0 Å². The standard InChI is InChI=1S/C18H26N2O/c1-3-4-10-18(21)19-17-11-12-20(15(2)13-17)14-16-8-6-5-7-9-16/h3,5-9,15,17H,1,4,10-14H2,2H3,(H,19,21)/t15-,17+/m0/s1. The first-order chi connectivity index (χ1) is 10.2. The summed E-state index contributed by atoms with van der Waals surface area (Å²) in [6.45, 7) is 7.95. The fourth-order valence-electron chi connectivity index (χ4n) is 2.94. The quantitative estimate of drug-likeness (QED) is 0.815. The lowest BCUT2D eigenvalue weighted by molar-refractivity contribution is -0.122. The molecule has 3 heteroatoms. The van der Waals surface area contributed by atoms with Crippen LogP contribution in [0, 0.1) is 0 Å². The number of piperidine rings is 1. The minimum absolute atomic E-state index is 0.156. The van der Waals surface area contributed by atoms with Crippen LogP contribution in [-0.2, 0) is 11.3 Å². The van der Waals surface area contributed by atoms with Gasteiger partial charge in [0.1, 0.15) is 0 Å². The summed E-state index contributed by atoms with van der Waals surface area (Å²) in [6.07, 6.45) is 5.19. The zero-order chi connectivity index (χ0) is 15.1. The van der Waals surface area contributed by atoms with E-state index in [1.165, 1.54) is 5.56 Å². The summed E-state index contributed by atoms with van der Waals surface area (Å²) in [5, 5.41) is 3.16. The zero-order valence-corrected chi connectivity index (χ0v) is 12.9. The number of carbonyl (C=O) groups is 1. The van der Waals surface area contributed by atoms with E-state index < -0.39 is 0 Å². The summed E-state index contributed by atoms with van der Waals surface area (Å²) in [5.74, 6) is 0.156. The molecule has 3 nitrogen and oxygen atoms in total. The van der Waals surface area contributed by atoms with Crippen LogP contribution in [0.3, 0.4) is 0 Å². The molecule has 1 amide bonds. The number of carbonyl (C=O) groups excluding carboxylic acids is 1. The highest BCUT2D eigenvalue weighted by atomic mass is 16.1. The van der Waals surface area contributed by atoms with Gasteiger partial charge in [-0.2, -0.15) is 0 Å². The summed E-state index contributed by atoms with van der Waals surface area (Å²) < 4.78 is 0. The zero-order valence-electron chi connectivity index (χ0n) is 12.9. The Kier molecular flexibility index (Phi) is 6.00. The molecule has 1 fully saturated rings. The van der Waals surface area contributed by atoms with Gasteiger partial charge in [0.15, 0.2) is 0 Å². The number of nitrogens with one attached hydrogen (secondary N) is 1. The first kappa shape index (κ1) is 15.8. The molecule has 0 unspecified atom stereocenters.